The zero-order valence-electron chi connectivity index (χ0n) is 38.2. The molecule has 2 fully saturated rings. The summed E-state index contributed by atoms with van der Waals surface area (Å²) in [5.74, 6) is 1.03. The van der Waals surface area contributed by atoms with Crippen LogP contribution in [0.4, 0.5) is 0 Å². The van der Waals surface area contributed by atoms with Gasteiger partial charge >= 0.3 is 0 Å². The quantitative estimate of drug-likeness (QED) is 0.0581. The number of hydrogen-bond donors (Lipinski definition) is 0. The van der Waals surface area contributed by atoms with Gasteiger partial charge in [-0.2, -0.15) is 11.8 Å². The minimum absolute atomic E-state index is 0.346. The van der Waals surface area contributed by atoms with Crippen molar-refractivity contribution in [3.05, 3.63) is 215 Å². The maximum atomic E-state index is 6.90. The molecule has 0 bridgehead atoms. The summed E-state index contributed by atoms with van der Waals surface area (Å²) in [6.45, 7) is 2.10. The second-order valence-corrected chi connectivity index (χ2v) is 17.7. The van der Waals surface area contributed by atoms with Crippen LogP contribution in [0.1, 0.15) is 33.4 Å². The van der Waals surface area contributed by atoms with E-state index < -0.39 is 61.4 Å². The van der Waals surface area contributed by atoms with Crippen LogP contribution in [0.15, 0.2) is 182 Å². The van der Waals surface area contributed by atoms with E-state index in [0.717, 1.165) is 33.4 Å². The Morgan fingerprint density at radius 3 is 0.776 bits per heavy atom. The Morgan fingerprint density at radius 2 is 0.537 bits per heavy atom. The van der Waals surface area contributed by atoms with Gasteiger partial charge in [-0.25, -0.2) is 0 Å². The van der Waals surface area contributed by atoms with Gasteiger partial charge in [-0.05, 0) is 33.4 Å². The van der Waals surface area contributed by atoms with E-state index in [2.05, 4.69) is 48.5 Å². The zero-order valence-corrected chi connectivity index (χ0v) is 39.1. The molecule has 6 aromatic rings. The first kappa shape index (κ1) is 48.7. The highest BCUT2D eigenvalue weighted by atomic mass is 32.2. The Balaban J connectivity index is 1.06. The number of thioether (sulfide) groups is 1. The molecule has 0 amide bonds. The molecule has 10 atom stereocenters. The Kier molecular flexibility index (Phi) is 19.0. The summed E-state index contributed by atoms with van der Waals surface area (Å²) in [6.07, 6.45) is -5.80. The first-order valence-corrected chi connectivity index (χ1v) is 24.2. The van der Waals surface area contributed by atoms with E-state index in [4.69, 9.17) is 47.4 Å². The van der Waals surface area contributed by atoms with E-state index in [1.165, 1.54) is 0 Å². The van der Waals surface area contributed by atoms with Crippen LogP contribution in [0.25, 0.3) is 0 Å². The summed E-state index contributed by atoms with van der Waals surface area (Å²) >= 11 is 1.68. The third kappa shape index (κ3) is 14.2. The van der Waals surface area contributed by atoms with Crippen molar-refractivity contribution in [3.8, 4) is 0 Å². The molecule has 0 N–H and O–H groups in total. The van der Waals surface area contributed by atoms with Crippen LogP contribution in [-0.4, -0.2) is 87.1 Å². The Bertz CT molecular complexity index is 2090. The first-order chi connectivity index (χ1) is 33.1. The van der Waals surface area contributed by atoms with E-state index >= 15 is 0 Å². The number of methoxy groups -OCH3 is 2. The SMILES string of the molecule is CO[C@H]1O[C@H](CSC[C@H]2O[C@H](OC)[C@@H](OCc3ccccc3)[C@@H](OCc3ccccc3)[C@@H]2OCc2ccccc2)[C@@H](OCc2ccccc2)[C@H](OCc2ccccc2)[C@@H]1OCc1ccccc1. The van der Waals surface area contributed by atoms with Gasteiger partial charge in [0.15, 0.2) is 12.6 Å². The summed E-state index contributed by atoms with van der Waals surface area (Å²) in [6, 6.07) is 60.8. The number of hydrogen-bond acceptors (Lipinski definition) is 11. The van der Waals surface area contributed by atoms with Crippen molar-refractivity contribution < 1.29 is 47.4 Å². The van der Waals surface area contributed by atoms with Gasteiger partial charge in [0.05, 0.1) is 51.8 Å². The smallest absolute Gasteiger partial charge is 0.186 e. The number of benzene rings is 6. The highest BCUT2D eigenvalue weighted by molar-refractivity contribution is 7.99. The van der Waals surface area contributed by atoms with Crippen LogP contribution in [0, 0.1) is 0 Å². The maximum Gasteiger partial charge on any atom is 0.186 e. The average molecular weight is 927 g/mol. The van der Waals surface area contributed by atoms with Gasteiger partial charge in [0.2, 0.25) is 0 Å². The van der Waals surface area contributed by atoms with Gasteiger partial charge < -0.3 is 47.4 Å². The second kappa shape index (κ2) is 26.1. The Hall–Kier alpha value is -4.73. The third-order valence-electron chi connectivity index (χ3n) is 11.9. The van der Waals surface area contributed by atoms with Crippen molar-refractivity contribution >= 4 is 11.8 Å². The standard InChI is InChI=1S/C56H62O10S/c1-57-55-53(63-37-45-29-17-7-18-30-45)51(61-35-43-25-13-5-14-26-43)49(59-33-41-21-9-3-10-22-41)47(65-55)39-67-40-48-50(60-34-42-23-11-4-12-24-42)52(62-36-44-27-15-6-16-28-44)54(56(58-2)66-48)64-38-46-31-19-8-20-32-46/h3-32,47-56H,33-40H2,1-2H3/t47-,48-,49-,50-,51+,52+,53+,54+,55+,56+/m1/s1. The zero-order chi connectivity index (χ0) is 45.9. The monoisotopic (exact) mass is 926 g/mol. The predicted octanol–water partition coefficient (Wildman–Crippen LogP) is 9.97. The summed E-state index contributed by atoms with van der Waals surface area (Å²) in [7, 11) is 3.29. The lowest BCUT2D eigenvalue weighted by Gasteiger charge is -2.46. The number of rotatable bonds is 24. The van der Waals surface area contributed by atoms with Gasteiger partial charge in [0, 0.05) is 25.7 Å². The molecular formula is C56H62O10S. The molecule has 2 heterocycles. The van der Waals surface area contributed by atoms with Crippen molar-refractivity contribution in [1.82, 2.24) is 0 Å². The van der Waals surface area contributed by atoms with Gasteiger partial charge in [-0.1, -0.05) is 182 Å². The normalized spacial score (nSPS) is 25.2. The minimum Gasteiger partial charge on any atom is -0.368 e. The summed E-state index contributed by atoms with van der Waals surface area (Å²) in [4.78, 5) is 0. The molecule has 67 heavy (non-hydrogen) atoms. The first-order valence-electron chi connectivity index (χ1n) is 23.0. The highest BCUT2D eigenvalue weighted by Crippen LogP contribution is 2.36. The van der Waals surface area contributed by atoms with Gasteiger partial charge in [0.25, 0.3) is 0 Å². The van der Waals surface area contributed by atoms with Crippen molar-refractivity contribution in [2.24, 2.45) is 0 Å². The lowest BCUT2D eigenvalue weighted by molar-refractivity contribution is -0.314. The van der Waals surface area contributed by atoms with Crippen LogP contribution in [-0.2, 0) is 87.0 Å². The summed E-state index contributed by atoms with van der Waals surface area (Å²) < 4.78 is 66.9. The van der Waals surface area contributed by atoms with E-state index in [1.807, 2.05) is 133 Å². The largest absolute Gasteiger partial charge is 0.368 e. The van der Waals surface area contributed by atoms with Crippen molar-refractivity contribution in [3.63, 3.8) is 0 Å². The fourth-order valence-electron chi connectivity index (χ4n) is 8.44. The summed E-state index contributed by atoms with van der Waals surface area (Å²) in [5, 5.41) is 0. The predicted molar refractivity (Wildman–Crippen MR) is 259 cm³/mol. The molecule has 6 aromatic carbocycles. The molecular weight excluding hydrogens is 865 g/mol. The van der Waals surface area contributed by atoms with E-state index in [-0.39, 0.29) is 0 Å². The fourth-order valence-corrected chi connectivity index (χ4v) is 9.58. The van der Waals surface area contributed by atoms with Crippen molar-refractivity contribution in [2.45, 2.75) is 101 Å². The molecule has 11 heteroatoms. The molecule has 0 aromatic heterocycles. The second-order valence-electron chi connectivity index (χ2n) is 16.7. The molecule has 0 unspecified atom stereocenters. The van der Waals surface area contributed by atoms with Crippen molar-refractivity contribution in [1.29, 1.82) is 0 Å². The third-order valence-corrected chi connectivity index (χ3v) is 13.1. The molecule has 352 valence electrons. The average Bonchev–Trinajstić information content (AvgIpc) is 3.39. The molecule has 2 aliphatic heterocycles. The van der Waals surface area contributed by atoms with Crippen LogP contribution in [0.2, 0.25) is 0 Å². The number of ether oxygens (including phenoxy) is 10. The molecule has 0 aliphatic carbocycles. The van der Waals surface area contributed by atoms with Gasteiger partial charge in [0.1, 0.15) is 36.6 Å². The van der Waals surface area contributed by atoms with Crippen LogP contribution >= 0.6 is 11.8 Å². The van der Waals surface area contributed by atoms with E-state index in [0.29, 0.717) is 51.1 Å². The fraction of sp³-hybridized carbons (Fsp3) is 0.357. The van der Waals surface area contributed by atoms with Crippen LogP contribution in [0.5, 0.6) is 0 Å². The molecule has 0 saturated carbocycles. The summed E-state index contributed by atoms with van der Waals surface area (Å²) in [5.41, 5.74) is 6.21. The lowest BCUT2D eigenvalue weighted by atomic mass is 9.98. The Morgan fingerprint density at radius 1 is 0.313 bits per heavy atom. The van der Waals surface area contributed by atoms with E-state index in [9.17, 15) is 0 Å². The maximum absolute atomic E-state index is 6.90. The van der Waals surface area contributed by atoms with Crippen molar-refractivity contribution in [2.75, 3.05) is 25.7 Å². The van der Waals surface area contributed by atoms with Crippen LogP contribution < -0.4 is 0 Å². The van der Waals surface area contributed by atoms with Gasteiger partial charge in [-0.15, -0.1) is 0 Å². The topological polar surface area (TPSA) is 92.3 Å². The molecule has 8 rings (SSSR count). The lowest BCUT2D eigenvalue weighted by Crippen LogP contribution is -2.62. The molecule has 0 radical (unpaired) electrons. The Labute approximate surface area is 399 Å². The van der Waals surface area contributed by atoms with Gasteiger partial charge in [-0.3, -0.25) is 0 Å². The molecule has 2 aliphatic rings. The highest BCUT2D eigenvalue weighted by Gasteiger charge is 2.51. The molecule has 10 nitrogen and oxygen atoms in total. The molecule has 0 spiro atoms. The van der Waals surface area contributed by atoms with E-state index in [1.54, 1.807) is 26.0 Å². The molecule has 2 saturated heterocycles. The minimum atomic E-state index is -0.740. The van der Waals surface area contributed by atoms with Crippen LogP contribution in [0.3, 0.4) is 0 Å².